The van der Waals surface area contributed by atoms with Crippen LogP contribution in [0.15, 0.2) is 36.5 Å². The number of para-hydroxylation sites is 1. The second kappa shape index (κ2) is 7.70. The minimum Gasteiger partial charge on any atom is -0.380 e. The first-order chi connectivity index (χ1) is 12.1. The molecule has 0 radical (unpaired) electrons. The van der Waals surface area contributed by atoms with Crippen LogP contribution in [0.4, 0.5) is 4.79 Å². The summed E-state index contributed by atoms with van der Waals surface area (Å²) in [5, 5.41) is 7.58. The lowest BCUT2D eigenvalue weighted by atomic mass is 10.1. The number of amides is 2. The van der Waals surface area contributed by atoms with Gasteiger partial charge in [0.25, 0.3) is 0 Å². The van der Waals surface area contributed by atoms with Gasteiger partial charge in [-0.1, -0.05) is 18.2 Å². The smallest absolute Gasteiger partial charge is 0.317 e. The van der Waals surface area contributed by atoms with Crippen molar-refractivity contribution >= 4 is 6.03 Å². The highest BCUT2D eigenvalue weighted by molar-refractivity contribution is 5.74. The highest BCUT2D eigenvalue weighted by atomic mass is 16.5. The molecule has 1 aliphatic rings. The fraction of sp³-hybridized carbons (Fsp3) is 0.474. The number of hydrogen-bond acceptors (Lipinski definition) is 3. The molecule has 0 spiro atoms. The first-order valence-electron chi connectivity index (χ1n) is 8.78. The monoisotopic (exact) mass is 342 g/mol. The quantitative estimate of drug-likeness (QED) is 0.929. The van der Waals surface area contributed by atoms with E-state index in [4.69, 9.17) is 4.74 Å². The summed E-state index contributed by atoms with van der Waals surface area (Å²) in [4.78, 5) is 14.4. The Kier molecular flexibility index (Phi) is 5.38. The third kappa shape index (κ3) is 3.85. The van der Waals surface area contributed by atoms with Crippen LogP contribution in [-0.4, -0.2) is 47.0 Å². The molecule has 1 N–H and O–H groups in total. The number of carbonyl (C=O) groups excluding carboxylic acids is 1. The first-order valence-corrected chi connectivity index (χ1v) is 8.78. The van der Waals surface area contributed by atoms with Gasteiger partial charge < -0.3 is 15.0 Å². The summed E-state index contributed by atoms with van der Waals surface area (Å²) in [5.74, 6) is 0. The third-order valence-electron chi connectivity index (χ3n) is 4.85. The molecule has 6 heteroatoms. The van der Waals surface area contributed by atoms with Gasteiger partial charge in [0.2, 0.25) is 0 Å². The number of carbonyl (C=O) groups is 1. The molecule has 25 heavy (non-hydrogen) atoms. The van der Waals surface area contributed by atoms with E-state index >= 15 is 0 Å². The molecule has 134 valence electrons. The molecule has 0 saturated carbocycles. The van der Waals surface area contributed by atoms with E-state index in [1.807, 2.05) is 60.0 Å². The van der Waals surface area contributed by atoms with Crippen molar-refractivity contribution in [1.29, 1.82) is 0 Å². The van der Waals surface area contributed by atoms with Crippen molar-refractivity contribution in [2.75, 3.05) is 20.2 Å². The number of rotatable bonds is 4. The molecule has 0 aliphatic carbocycles. The van der Waals surface area contributed by atoms with Crippen molar-refractivity contribution in [3.63, 3.8) is 0 Å². The molecule has 3 rings (SSSR count). The molecule has 0 unspecified atom stereocenters. The Bertz CT molecular complexity index is 713. The Morgan fingerprint density at radius 1 is 1.36 bits per heavy atom. The van der Waals surface area contributed by atoms with Crippen LogP contribution in [0.3, 0.4) is 0 Å². The van der Waals surface area contributed by atoms with Crippen molar-refractivity contribution in [1.82, 2.24) is 20.0 Å². The second-order valence-corrected chi connectivity index (χ2v) is 6.55. The molecule has 2 atom stereocenters. The Morgan fingerprint density at radius 2 is 2.12 bits per heavy atom. The van der Waals surface area contributed by atoms with Gasteiger partial charge in [-0.2, -0.15) is 5.10 Å². The maximum absolute atomic E-state index is 12.6. The second-order valence-electron chi connectivity index (χ2n) is 6.55. The molecule has 2 amide bonds. The summed E-state index contributed by atoms with van der Waals surface area (Å²) in [6, 6.07) is 9.86. The van der Waals surface area contributed by atoms with Gasteiger partial charge in [0, 0.05) is 31.5 Å². The van der Waals surface area contributed by atoms with Crippen LogP contribution in [0, 0.1) is 6.92 Å². The molecule has 1 aliphatic heterocycles. The van der Waals surface area contributed by atoms with Gasteiger partial charge in [0.1, 0.15) is 0 Å². The predicted molar refractivity (Wildman–Crippen MR) is 96.9 cm³/mol. The number of methoxy groups -OCH3 is 1. The number of hydrogen-bond donors (Lipinski definition) is 1. The number of nitrogens with one attached hydrogen (secondary N) is 1. The molecule has 1 fully saturated rings. The van der Waals surface area contributed by atoms with E-state index in [2.05, 4.69) is 10.4 Å². The van der Waals surface area contributed by atoms with Gasteiger partial charge in [-0.25, -0.2) is 9.48 Å². The van der Waals surface area contributed by atoms with Crippen molar-refractivity contribution < 1.29 is 9.53 Å². The van der Waals surface area contributed by atoms with Crippen molar-refractivity contribution in [2.45, 2.75) is 38.8 Å². The molecule has 0 bridgehead atoms. The van der Waals surface area contributed by atoms with Crippen molar-refractivity contribution in [2.24, 2.45) is 0 Å². The molecule has 1 aromatic carbocycles. The van der Waals surface area contributed by atoms with Gasteiger partial charge >= 0.3 is 6.03 Å². The largest absolute Gasteiger partial charge is 0.380 e. The Balaban J connectivity index is 1.68. The van der Waals surface area contributed by atoms with Crippen LogP contribution in [0.2, 0.25) is 0 Å². The van der Waals surface area contributed by atoms with E-state index in [0.29, 0.717) is 6.54 Å². The van der Waals surface area contributed by atoms with Gasteiger partial charge in [-0.05, 0) is 38.8 Å². The Hall–Kier alpha value is -2.34. The van der Waals surface area contributed by atoms with Crippen LogP contribution >= 0.6 is 0 Å². The Labute approximate surface area is 148 Å². The highest BCUT2D eigenvalue weighted by Gasteiger charge is 2.25. The zero-order chi connectivity index (χ0) is 17.8. The van der Waals surface area contributed by atoms with E-state index in [9.17, 15) is 4.79 Å². The lowest BCUT2D eigenvalue weighted by Crippen LogP contribution is -2.48. The van der Waals surface area contributed by atoms with Crippen LogP contribution < -0.4 is 5.32 Å². The summed E-state index contributed by atoms with van der Waals surface area (Å²) in [7, 11) is 1.70. The molecule has 6 nitrogen and oxygen atoms in total. The summed E-state index contributed by atoms with van der Waals surface area (Å²) in [5.41, 5.74) is 3.08. The fourth-order valence-electron chi connectivity index (χ4n) is 3.35. The third-order valence-corrected chi connectivity index (χ3v) is 4.85. The Morgan fingerprint density at radius 3 is 2.84 bits per heavy atom. The van der Waals surface area contributed by atoms with Crippen molar-refractivity contribution in [3.8, 4) is 5.69 Å². The fourth-order valence-corrected chi connectivity index (χ4v) is 3.35. The van der Waals surface area contributed by atoms with Crippen LogP contribution in [0.25, 0.3) is 5.69 Å². The average Bonchev–Trinajstić information content (AvgIpc) is 3.04. The van der Waals surface area contributed by atoms with Gasteiger partial charge in [-0.15, -0.1) is 0 Å². The van der Waals surface area contributed by atoms with E-state index in [-0.39, 0.29) is 18.2 Å². The molecule has 1 saturated heterocycles. The number of ether oxygens (including phenoxy) is 1. The maximum atomic E-state index is 12.6. The van der Waals surface area contributed by atoms with Crippen LogP contribution in [-0.2, 0) is 4.74 Å². The van der Waals surface area contributed by atoms with Gasteiger partial charge in [-0.3, -0.25) is 0 Å². The lowest BCUT2D eigenvalue weighted by molar-refractivity contribution is 0.0431. The number of nitrogens with zero attached hydrogens (tertiary/aromatic N) is 3. The highest BCUT2D eigenvalue weighted by Crippen LogP contribution is 2.21. The molecular weight excluding hydrogens is 316 g/mol. The molecule has 2 heterocycles. The normalized spacial score (nSPS) is 18.8. The number of urea groups is 1. The standard InChI is InChI=1S/C19H26N4O2/c1-14(21-19(24)22-11-7-10-17(13-22)25-3)18-12-20-23(15(18)2)16-8-5-4-6-9-16/h4-6,8-9,12,14,17H,7,10-11,13H2,1-3H3,(H,21,24)/t14-,17+/m0/s1. The number of likely N-dealkylation sites (tertiary alicyclic amines) is 1. The lowest BCUT2D eigenvalue weighted by Gasteiger charge is -2.32. The SMILES string of the molecule is CO[C@@H]1CCCN(C(=O)N[C@@H](C)c2cnn(-c3ccccc3)c2C)C1. The minimum absolute atomic E-state index is 0.0406. The summed E-state index contributed by atoms with van der Waals surface area (Å²) < 4.78 is 7.30. The number of piperidine rings is 1. The summed E-state index contributed by atoms with van der Waals surface area (Å²) >= 11 is 0. The first kappa shape index (κ1) is 17.5. The van der Waals surface area contributed by atoms with Crippen molar-refractivity contribution in [3.05, 3.63) is 47.8 Å². The van der Waals surface area contributed by atoms with E-state index < -0.39 is 0 Å². The van der Waals surface area contributed by atoms with Gasteiger partial charge in [0.05, 0.1) is 24.0 Å². The number of aromatic nitrogens is 2. The summed E-state index contributed by atoms with van der Waals surface area (Å²) in [6.45, 7) is 5.45. The van der Waals surface area contributed by atoms with Crippen LogP contribution in [0.5, 0.6) is 0 Å². The van der Waals surface area contributed by atoms with E-state index in [1.54, 1.807) is 7.11 Å². The predicted octanol–water partition coefficient (Wildman–Crippen LogP) is 3.06. The van der Waals surface area contributed by atoms with E-state index in [1.165, 1.54) is 0 Å². The van der Waals surface area contributed by atoms with E-state index in [0.717, 1.165) is 36.3 Å². The van der Waals surface area contributed by atoms with Crippen LogP contribution in [0.1, 0.15) is 37.1 Å². The zero-order valence-corrected chi connectivity index (χ0v) is 15.1. The summed E-state index contributed by atoms with van der Waals surface area (Å²) in [6.07, 6.45) is 3.96. The minimum atomic E-state index is -0.104. The molecular formula is C19H26N4O2. The maximum Gasteiger partial charge on any atom is 0.317 e. The topological polar surface area (TPSA) is 59.4 Å². The van der Waals surface area contributed by atoms with Gasteiger partial charge in [0.15, 0.2) is 0 Å². The number of benzene rings is 1. The average molecular weight is 342 g/mol. The molecule has 1 aromatic heterocycles. The molecule has 2 aromatic rings. The zero-order valence-electron chi connectivity index (χ0n) is 15.1.